The van der Waals surface area contributed by atoms with Crippen LogP contribution in [0, 0.1) is 6.92 Å². The van der Waals surface area contributed by atoms with Crippen LogP contribution >= 0.6 is 0 Å². The van der Waals surface area contributed by atoms with E-state index in [1.54, 1.807) is 11.0 Å². The summed E-state index contributed by atoms with van der Waals surface area (Å²) in [5.41, 5.74) is 4.60. The number of carbonyl (C=O) groups is 2. The first-order valence-corrected chi connectivity index (χ1v) is 11.4. The number of aryl methyl sites for hydroxylation is 1. The van der Waals surface area contributed by atoms with Crippen LogP contribution < -0.4 is 10.9 Å². The molecule has 2 heterocycles. The van der Waals surface area contributed by atoms with Gasteiger partial charge in [-0.2, -0.15) is 0 Å². The van der Waals surface area contributed by atoms with Crippen molar-refractivity contribution in [2.75, 3.05) is 11.9 Å². The van der Waals surface area contributed by atoms with Gasteiger partial charge < -0.3 is 10.2 Å². The summed E-state index contributed by atoms with van der Waals surface area (Å²) in [7, 11) is 0. The van der Waals surface area contributed by atoms with Gasteiger partial charge in [0, 0.05) is 30.2 Å². The summed E-state index contributed by atoms with van der Waals surface area (Å²) in [4.78, 5) is 41.2. The Morgan fingerprint density at radius 2 is 1.62 bits per heavy atom. The van der Waals surface area contributed by atoms with Gasteiger partial charge in [0.1, 0.15) is 6.54 Å². The third kappa shape index (κ3) is 4.10. The molecule has 1 aliphatic rings. The highest BCUT2D eigenvalue weighted by Gasteiger charge is 2.24. The van der Waals surface area contributed by atoms with Gasteiger partial charge in [0.25, 0.3) is 11.5 Å². The zero-order valence-corrected chi connectivity index (χ0v) is 19.0. The van der Waals surface area contributed by atoms with Gasteiger partial charge in [-0.25, -0.2) is 0 Å². The number of hydrogen-bond acceptors (Lipinski definition) is 3. The average molecular weight is 452 g/mol. The normalized spacial score (nSPS) is 12.9. The van der Waals surface area contributed by atoms with Crippen molar-refractivity contribution in [1.29, 1.82) is 0 Å². The van der Waals surface area contributed by atoms with E-state index in [1.807, 2.05) is 67.6 Å². The highest BCUT2D eigenvalue weighted by atomic mass is 16.2. The standard InChI is InChI=1S/C28H25N3O3/c1-19-8-2-6-12-24(19)29-26(32)18-31-25-13-7-5-11-22(25)23(16-27(31)33)28(34)30-15-14-20-9-3-4-10-21(20)17-30/h2-13,16H,14-15,17-18H2,1H3,(H,29,32). The third-order valence-electron chi connectivity index (χ3n) is 6.39. The van der Waals surface area contributed by atoms with Gasteiger partial charge in [-0.15, -0.1) is 0 Å². The number of fused-ring (bicyclic) bond motifs is 2. The van der Waals surface area contributed by atoms with Gasteiger partial charge in [0.15, 0.2) is 0 Å². The van der Waals surface area contributed by atoms with E-state index in [0.717, 1.165) is 17.5 Å². The molecule has 170 valence electrons. The summed E-state index contributed by atoms with van der Waals surface area (Å²) < 4.78 is 1.42. The lowest BCUT2D eigenvalue weighted by Crippen LogP contribution is -2.37. The molecular weight excluding hydrogens is 426 g/mol. The van der Waals surface area contributed by atoms with Gasteiger partial charge >= 0.3 is 0 Å². The Hall–Kier alpha value is -4.19. The lowest BCUT2D eigenvalue weighted by Gasteiger charge is -2.29. The van der Waals surface area contributed by atoms with Gasteiger partial charge in [-0.05, 0) is 42.2 Å². The molecule has 5 rings (SSSR count). The largest absolute Gasteiger partial charge is 0.334 e. The molecule has 0 aliphatic carbocycles. The van der Waals surface area contributed by atoms with Crippen LogP contribution in [-0.4, -0.2) is 27.8 Å². The molecule has 0 bridgehead atoms. The maximum atomic E-state index is 13.5. The van der Waals surface area contributed by atoms with E-state index in [0.29, 0.717) is 35.2 Å². The lowest BCUT2D eigenvalue weighted by atomic mass is 9.98. The summed E-state index contributed by atoms with van der Waals surface area (Å²) in [6.07, 6.45) is 0.788. The summed E-state index contributed by atoms with van der Waals surface area (Å²) in [6.45, 7) is 2.90. The molecular formula is C28H25N3O3. The van der Waals surface area contributed by atoms with Crippen molar-refractivity contribution in [3.8, 4) is 0 Å². The van der Waals surface area contributed by atoms with E-state index >= 15 is 0 Å². The summed E-state index contributed by atoms with van der Waals surface area (Å²) in [5, 5.41) is 3.54. The van der Waals surface area contributed by atoms with Gasteiger partial charge in [-0.1, -0.05) is 60.7 Å². The van der Waals surface area contributed by atoms with E-state index < -0.39 is 0 Å². The Labute approximate surface area is 197 Å². The van der Waals surface area contributed by atoms with Crippen molar-refractivity contribution < 1.29 is 9.59 Å². The van der Waals surface area contributed by atoms with Crippen LogP contribution in [0.15, 0.2) is 83.7 Å². The highest BCUT2D eigenvalue weighted by molar-refractivity contribution is 6.06. The van der Waals surface area contributed by atoms with Gasteiger partial charge in [0.05, 0.1) is 11.1 Å². The Bertz CT molecular complexity index is 1470. The first-order valence-electron chi connectivity index (χ1n) is 11.4. The molecule has 6 heteroatoms. The molecule has 34 heavy (non-hydrogen) atoms. The molecule has 0 atom stereocenters. The van der Waals surface area contributed by atoms with Crippen molar-refractivity contribution in [3.05, 3.63) is 111 Å². The van der Waals surface area contributed by atoms with E-state index in [2.05, 4.69) is 11.4 Å². The van der Waals surface area contributed by atoms with E-state index in [9.17, 15) is 14.4 Å². The summed E-state index contributed by atoms with van der Waals surface area (Å²) in [5.74, 6) is -0.465. The second-order valence-corrected chi connectivity index (χ2v) is 8.61. The smallest absolute Gasteiger partial charge is 0.255 e. The lowest BCUT2D eigenvalue weighted by molar-refractivity contribution is -0.116. The minimum absolute atomic E-state index is 0.140. The number of carbonyl (C=O) groups excluding carboxylic acids is 2. The predicted molar refractivity (Wildman–Crippen MR) is 133 cm³/mol. The van der Waals surface area contributed by atoms with Crippen LogP contribution in [0.1, 0.15) is 27.0 Å². The van der Waals surface area contributed by atoms with Crippen LogP contribution in [0.5, 0.6) is 0 Å². The Morgan fingerprint density at radius 3 is 2.44 bits per heavy atom. The monoisotopic (exact) mass is 451 g/mol. The fourth-order valence-electron chi connectivity index (χ4n) is 4.56. The van der Waals surface area contributed by atoms with E-state index in [1.165, 1.54) is 16.2 Å². The zero-order valence-electron chi connectivity index (χ0n) is 19.0. The Kier molecular flexibility index (Phi) is 5.72. The number of amides is 2. The minimum atomic E-state index is -0.376. The fraction of sp³-hybridized carbons (Fsp3) is 0.179. The number of pyridine rings is 1. The van der Waals surface area contributed by atoms with Gasteiger partial charge in [-0.3, -0.25) is 19.0 Å². The number of benzene rings is 3. The van der Waals surface area contributed by atoms with Crippen molar-refractivity contribution in [2.45, 2.75) is 26.4 Å². The molecule has 0 fully saturated rings. The second-order valence-electron chi connectivity index (χ2n) is 8.61. The third-order valence-corrected chi connectivity index (χ3v) is 6.39. The van der Waals surface area contributed by atoms with Crippen molar-refractivity contribution in [3.63, 3.8) is 0 Å². The number of para-hydroxylation sites is 2. The number of nitrogens with one attached hydrogen (secondary N) is 1. The molecule has 0 radical (unpaired) electrons. The summed E-state index contributed by atoms with van der Waals surface area (Å²) >= 11 is 0. The fourth-order valence-corrected chi connectivity index (χ4v) is 4.56. The second kappa shape index (κ2) is 8.98. The maximum absolute atomic E-state index is 13.5. The van der Waals surface area contributed by atoms with Crippen LogP contribution in [0.25, 0.3) is 10.9 Å². The molecule has 1 aliphatic heterocycles. The Balaban J connectivity index is 1.46. The molecule has 1 aromatic heterocycles. The zero-order chi connectivity index (χ0) is 23.7. The number of anilines is 1. The van der Waals surface area contributed by atoms with Crippen molar-refractivity contribution >= 4 is 28.4 Å². The number of nitrogens with zero attached hydrogens (tertiary/aromatic N) is 2. The topological polar surface area (TPSA) is 71.4 Å². The maximum Gasteiger partial charge on any atom is 0.255 e. The molecule has 4 aromatic rings. The molecule has 0 unspecified atom stereocenters. The Morgan fingerprint density at radius 1 is 0.912 bits per heavy atom. The minimum Gasteiger partial charge on any atom is -0.334 e. The quantitative estimate of drug-likeness (QED) is 0.507. The van der Waals surface area contributed by atoms with E-state index in [-0.39, 0.29) is 23.9 Å². The van der Waals surface area contributed by atoms with Crippen LogP contribution in [0.3, 0.4) is 0 Å². The molecule has 0 saturated heterocycles. The van der Waals surface area contributed by atoms with Crippen molar-refractivity contribution in [2.24, 2.45) is 0 Å². The molecule has 2 amide bonds. The van der Waals surface area contributed by atoms with Crippen LogP contribution in [-0.2, 0) is 24.3 Å². The van der Waals surface area contributed by atoms with Crippen LogP contribution in [0.2, 0.25) is 0 Å². The molecule has 0 spiro atoms. The summed E-state index contributed by atoms with van der Waals surface area (Å²) in [6, 6.07) is 24.2. The molecule has 6 nitrogen and oxygen atoms in total. The average Bonchev–Trinajstić information content (AvgIpc) is 2.86. The van der Waals surface area contributed by atoms with Crippen molar-refractivity contribution in [1.82, 2.24) is 9.47 Å². The molecule has 3 aromatic carbocycles. The molecule has 1 N–H and O–H groups in total. The number of rotatable bonds is 4. The van der Waals surface area contributed by atoms with Gasteiger partial charge in [0.2, 0.25) is 5.91 Å². The van der Waals surface area contributed by atoms with E-state index in [4.69, 9.17) is 0 Å². The number of aromatic nitrogens is 1. The highest BCUT2D eigenvalue weighted by Crippen LogP contribution is 2.24. The SMILES string of the molecule is Cc1ccccc1NC(=O)Cn1c(=O)cc(C(=O)N2CCc3ccccc3C2)c2ccccc21. The first-order chi connectivity index (χ1) is 16.5. The molecule has 0 saturated carbocycles. The predicted octanol–water partition coefficient (Wildman–Crippen LogP) is 4.15. The first kappa shape index (κ1) is 21.6. The van der Waals surface area contributed by atoms with Crippen LogP contribution in [0.4, 0.5) is 5.69 Å². The number of hydrogen-bond donors (Lipinski definition) is 1.